The summed E-state index contributed by atoms with van der Waals surface area (Å²) in [4.78, 5) is 0. The highest BCUT2D eigenvalue weighted by Gasteiger charge is 2.05. The summed E-state index contributed by atoms with van der Waals surface area (Å²) in [6.45, 7) is 0. The minimum absolute atomic E-state index is 0.244. The SMILES string of the molecule is Fc1[c]cc2cc[c]cc2c1F. The van der Waals surface area contributed by atoms with Crippen LogP contribution in [0.2, 0.25) is 0 Å². The van der Waals surface area contributed by atoms with Gasteiger partial charge < -0.3 is 0 Å². The highest BCUT2D eigenvalue weighted by molar-refractivity contribution is 5.82. The standard InChI is InChI=1S/C10H4F2/c11-9-6-5-7-3-1-2-4-8(7)10(9)12/h1,3-5H. The smallest absolute Gasteiger partial charge is 0.167 e. The largest absolute Gasteiger partial charge is 0.203 e. The second-order valence-electron chi connectivity index (χ2n) is 2.43. The Labute approximate surface area is 68.4 Å². The van der Waals surface area contributed by atoms with Gasteiger partial charge in [-0.25, -0.2) is 8.78 Å². The number of rotatable bonds is 0. The maximum atomic E-state index is 13.0. The molecule has 2 rings (SSSR count). The first-order chi connectivity index (χ1) is 5.79. The molecular weight excluding hydrogens is 158 g/mol. The Bertz CT molecular complexity index is 421. The molecule has 2 radical (unpaired) electrons. The quantitative estimate of drug-likeness (QED) is 0.558. The highest BCUT2D eigenvalue weighted by Crippen LogP contribution is 2.18. The van der Waals surface area contributed by atoms with E-state index in [1.165, 1.54) is 12.1 Å². The van der Waals surface area contributed by atoms with Crippen molar-refractivity contribution in [1.82, 2.24) is 0 Å². The van der Waals surface area contributed by atoms with Gasteiger partial charge in [-0.1, -0.05) is 12.1 Å². The van der Waals surface area contributed by atoms with Gasteiger partial charge in [0.15, 0.2) is 11.6 Å². The predicted molar refractivity (Wildman–Crippen MR) is 41.5 cm³/mol. The Morgan fingerprint density at radius 3 is 2.83 bits per heavy atom. The summed E-state index contributed by atoms with van der Waals surface area (Å²) < 4.78 is 25.6. The van der Waals surface area contributed by atoms with Crippen LogP contribution >= 0.6 is 0 Å². The lowest BCUT2D eigenvalue weighted by Gasteiger charge is -1.97. The van der Waals surface area contributed by atoms with Crippen molar-refractivity contribution in [3.63, 3.8) is 0 Å². The van der Waals surface area contributed by atoms with Crippen LogP contribution in [0.1, 0.15) is 0 Å². The van der Waals surface area contributed by atoms with Gasteiger partial charge in [-0.2, -0.15) is 0 Å². The molecule has 0 saturated heterocycles. The first kappa shape index (κ1) is 7.22. The Kier molecular flexibility index (Phi) is 1.54. The van der Waals surface area contributed by atoms with Crippen molar-refractivity contribution in [3.8, 4) is 0 Å². The summed E-state index contributed by atoms with van der Waals surface area (Å²) >= 11 is 0. The zero-order valence-electron chi connectivity index (χ0n) is 6.07. The van der Waals surface area contributed by atoms with E-state index in [2.05, 4.69) is 12.1 Å². The average Bonchev–Trinajstić information content (AvgIpc) is 2.12. The molecule has 2 heteroatoms. The van der Waals surface area contributed by atoms with Crippen molar-refractivity contribution in [1.29, 1.82) is 0 Å². The molecule has 0 aromatic heterocycles. The van der Waals surface area contributed by atoms with Crippen LogP contribution < -0.4 is 0 Å². The van der Waals surface area contributed by atoms with E-state index in [-0.39, 0.29) is 5.39 Å². The van der Waals surface area contributed by atoms with Gasteiger partial charge in [0.2, 0.25) is 0 Å². The first-order valence-corrected chi connectivity index (χ1v) is 3.44. The summed E-state index contributed by atoms with van der Waals surface area (Å²) in [6.07, 6.45) is 0. The van der Waals surface area contributed by atoms with Crippen LogP contribution in [0.5, 0.6) is 0 Å². The summed E-state index contributed by atoms with van der Waals surface area (Å²) in [5.41, 5.74) is 0. The lowest BCUT2D eigenvalue weighted by molar-refractivity contribution is 0.515. The van der Waals surface area contributed by atoms with Gasteiger partial charge in [0.25, 0.3) is 0 Å². The molecule has 0 N–H and O–H groups in total. The van der Waals surface area contributed by atoms with Gasteiger partial charge >= 0.3 is 0 Å². The van der Waals surface area contributed by atoms with Crippen LogP contribution in [0.25, 0.3) is 10.8 Å². The van der Waals surface area contributed by atoms with E-state index in [0.29, 0.717) is 5.39 Å². The van der Waals surface area contributed by atoms with Crippen LogP contribution in [-0.2, 0) is 0 Å². The molecule has 0 fully saturated rings. The summed E-state index contributed by atoms with van der Waals surface area (Å²) in [5.74, 6) is -1.80. The third kappa shape index (κ3) is 0.961. The van der Waals surface area contributed by atoms with E-state index in [0.717, 1.165) is 0 Å². The fraction of sp³-hybridized carbons (Fsp3) is 0. The molecule has 0 aliphatic carbocycles. The van der Waals surface area contributed by atoms with Crippen molar-refractivity contribution in [2.75, 3.05) is 0 Å². The average molecular weight is 162 g/mol. The van der Waals surface area contributed by atoms with E-state index in [1.807, 2.05) is 0 Å². The molecule has 0 aliphatic rings. The number of hydrogen-bond donors (Lipinski definition) is 0. The monoisotopic (exact) mass is 162 g/mol. The van der Waals surface area contributed by atoms with Crippen molar-refractivity contribution in [2.45, 2.75) is 0 Å². The molecule has 0 saturated carbocycles. The molecule has 58 valence electrons. The Morgan fingerprint density at radius 1 is 1.17 bits per heavy atom. The number of hydrogen-bond acceptors (Lipinski definition) is 0. The zero-order valence-corrected chi connectivity index (χ0v) is 6.07. The van der Waals surface area contributed by atoms with Crippen molar-refractivity contribution < 1.29 is 8.78 Å². The lowest BCUT2D eigenvalue weighted by atomic mass is 10.1. The molecule has 0 spiro atoms. The fourth-order valence-electron chi connectivity index (χ4n) is 1.08. The maximum absolute atomic E-state index is 13.0. The van der Waals surface area contributed by atoms with Gasteiger partial charge in [-0.3, -0.25) is 0 Å². The second kappa shape index (κ2) is 2.55. The van der Waals surface area contributed by atoms with Crippen molar-refractivity contribution >= 4 is 10.8 Å². The molecule has 0 heterocycles. The van der Waals surface area contributed by atoms with Gasteiger partial charge in [-0.15, -0.1) is 0 Å². The molecule has 2 aromatic rings. The molecule has 0 amide bonds. The summed E-state index contributed by atoms with van der Waals surface area (Å²) in [7, 11) is 0. The van der Waals surface area contributed by atoms with E-state index >= 15 is 0 Å². The van der Waals surface area contributed by atoms with Gasteiger partial charge in [-0.05, 0) is 23.6 Å². The van der Waals surface area contributed by atoms with Crippen molar-refractivity contribution in [2.24, 2.45) is 0 Å². The minimum atomic E-state index is -0.943. The molecule has 0 bridgehead atoms. The lowest BCUT2D eigenvalue weighted by Crippen LogP contribution is -1.85. The Morgan fingerprint density at radius 2 is 2.00 bits per heavy atom. The molecule has 0 atom stereocenters. The van der Waals surface area contributed by atoms with E-state index < -0.39 is 11.6 Å². The van der Waals surface area contributed by atoms with E-state index in [9.17, 15) is 8.78 Å². The molecular formula is C10H4F2. The van der Waals surface area contributed by atoms with Crippen LogP contribution in [0.15, 0.2) is 24.3 Å². The molecule has 0 nitrogen and oxygen atoms in total. The van der Waals surface area contributed by atoms with Crippen LogP contribution in [-0.4, -0.2) is 0 Å². The molecule has 0 unspecified atom stereocenters. The van der Waals surface area contributed by atoms with Crippen LogP contribution in [0, 0.1) is 23.8 Å². The Hall–Kier alpha value is -1.44. The third-order valence-electron chi connectivity index (χ3n) is 1.68. The van der Waals surface area contributed by atoms with Crippen LogP contribution in [0.4, 0.5) is 8.78 Å². The number of benzene rings is 2. The zero-order chi connectivity index (χ0) is 8.55. The number of fused-ring (bicyclic) bond motifs is 1. The molecule has 12 heavy (non-hydrogen) atoms. The number of halogens is 2. The van der Waals surface area contributed by atoms with E-state index in [4.69, 9.17) is 0 Å². The van der Waals surface area contributed by atoms with Crippen molar-refractivity contribution in [3.05, 3.63) is 48.0 Å². The van der Waals surface area contributed by atoms with Crippen LogP contribution in [0.3, 0.4) is 0 Å². The second-order valence-corrected chi connectivity index (χ2v) is 2.43. The summed E-state index contributed by atoms with van der Waals surface area (Å²) in [5, 5.41) is 0.876. The van der Waals surface area contributed by atoms with Gasteiger partial charge in [0, 0.05) is 11.5 Å². The fourth-order valence-corrected chi connectivity index (χ4v) is 1.08. The van der Waals surface area contributed by atoms with E-state index in [1.54, 1.807) is 12.1 Å². The van der Waals surface area contributed by atoms with Gasteiger partial charge in [0.05, 0.1) is 0 Å². The minimum Gasteiger partial charge on any atom is -0.203 e. The molecule has 0 aliphatic heterocycles. The topological polar surface area (TPSA) is 0 Å². The predicted octanol–water partition coefficient (Wildman–Crippen LogP) is 2.72. The third-order valence-corrected chi connectivity index (χ3v) is 1.68. The Balaban J connectivity index is 2.91. The normalized spacial score (nSPS) is 10.5. The maximum Gasteiger partial charge on any atom is 0.167 e. The molecule has 2 aromatic carbocycles. The first-order valence-electron chi connectivity index (χ1n) is 3.44. The highest BCUT2D eigenvalue weighted by atomic mass is 19.2. The summed E-state index contributed by atoms with van der Waals surface area (Å²) in [6, 6.07) is 11.0. The van der Waals surface area contributed by atoms with Gasteiger partial charge in [0.1, 0.15) is 0 Å².